The minimum Gasteiger partial charge on any atom is -0.496 e. The van der Waals surface area contributed by atoms with Gasteiger partial charge < -0.3 is 10.1 Å². The van der Waals surface area contributed by atoms with E-state index in [1.807, 2.05) is 18.2 Å². The van der Waals surface area contributed by atoms with Crippen LogP contribution < -0.4 is 10.1 Å². The third-order valence-corrected chi connectivity index (χ3v) is 4.62. The quantitative estimate of drug-likeness (QED) is 0.893. The molecule has 1 saturated heterocycles. The Morgan fingerprint density at radius 3 is 2.89 bits per heavy atom. The molecule has 0 radical (unpaired) electrons. The van der Waals surface area contributed by atoms with E-state index < -0.39 is 0 Å². The fourth-order valence-electron chi connectivity index (χ4n) is 2.25. The fraction of sp³-hybridized carbons (Fsp3) is 0.571. The summed E-state index contributed by atoms with van der Waals surface area (Å²) in [6.07, 6.45) is 2.68. The van der Waals surface area contributed by atoms with Crippen LogP contribution in [-0.2, 0) is 6.54 Å². The van der Waals surface area contributed by atoms with Gasteiger partial charge in [-0.25, -0.2) is 0 Å². The predicted molar refractivity (Wildman–Crippen MR) is 79.8 cm³/mol. The van der Waals surface area contributed by atoms with Crippen molar-refractivity contribution >= 4 is 23.4 Å². The Bertz CT molecular complexity index is 380. The van der Waals surface area contributed by atoms with E-state index in [1.165, 1.54) is 24.3 Å². The van der Waals surface area contributed by atoms with Crippen molar-refractivity contribution in [2.24, 2.45) is 5.92 Å². The average Bonchev–Trinajstić information content (AvgIpc) is 2.40. The van der Waals surface area contributed by atoms with Crippen LogP contribution in [0.15, 0.2) is 18.2 Å². The summed E-state index contributed by atoms with van der Waals surface area (Å²) in [7, 11) is 1.70. The van der Waals surface area contributed by atoms with Crippen LogP contribution in [0, 0.1) is 5.92 Å². The molecule has 0 spiro atoms. The summed E-state index contributed by atoms with van der Waals surface area (Å²) in [5, 5.41) is 4.29. The van der Waals surface area contributed by atoms with Crippen LogP contribution in [0.1, 0.15) is 18.4 Å². The molecular formula is C14H20ClNOS. The molecule has 2 nitrogen and oxygen atoms in total. The summed E-state index contributed by atoms with van der Waals surface area (Å²) in [6.45, 7) is 1.92. The average molecular weight is 286 g/mol. The lowest BCUT2D eigenvalue weighted by molar-refractivity contribution is 0.403. The van der Waals surface area contributed by atoms with E-state index in [-0.39, 0.29) is 0 Å². The molecule has 4 heteroatoms. The van der Waals surface area contributed by atoms with Crippen molar-refractivity contribution in [3.8, 4) is 5.75 Å². The van der Waals surface area contributed by atoms with Crippen molar-refractivity contribution in [3.63, 3.8) is 0 Å². The highest BCUT2D eigenvalue weighted by molar-refractivity contribution is 7.99. The number of hydrogen-bond donors (Lipinski definition) is 1. The van der Waals surface area contributed by atoms with Crippen molar-refractivity contribution in [2.75, 3.05) is 25.2 Å². The minimum atomic E-state index is 0.765. The molecule has 0 saturated carbocycles. The number of halogens is 1. The molecule has 1 aromatic rings. The van der Waals surface area contributed by atoms with Crippen LogP contribution in [0.4, 0.5) is 0 Å². The van der Waals surface area contributed by atoms with Gasteiger partial charge in [-0.1, -0.05) is 11.6 Å². The summed E-state index contributed by atoms with van der Waals surface area (Å²) in [5.41, 5.74) is 1.13. The lowest BCUT2D eigenvalue weighted by Crippen LogP contribution is -2.25. The summed E-state index contributed by atoms with van der Waals surface area (Å²) < 4.78 is 5.34. The van der Waals surface area contributed by atoms with Crippen molar-refractivity contribution in [1.29, 1.82) is 0 Å². The molecule has 18 heavy (non-hydrogen) atoms. The van der Waals surface area contributed by atoms with E-state index in [0.717, 1.165) is 35.3 Å². The minimum absolute atomic E-state index is 0.765. The SMILES string of the molecule is COc1ccc(Cl)cc1CNCC1CCSCC1. The molecule has 1 fully saturated rings. The van der Waals surface area contributed by atoms with Crippen LogP contribution in [0.2, 0.25) is 5.02 Å². The van der Waals surface area contributed by atoms with Gasteiger partial charge in [-0.15, -0.1) is 0 Å². The molecule has 1 N–H and O–H groups in total. The zero-order valence-corrected chi connectivity index (χ0v) is 12.3. The van der Waals surface area contributed by atoms with E-state index in [2.05, 4.69) is 17.1 Å². The highest BCUT2D eigenvalue weighted by Crippen LogP contribution is 2.24. The van der Waals surface area contributed by atoms with Crippen LogP contribution in [0.3, 0.4) is 0 Å². The number of ether oxygens (including phenoxy) is 1. The standard InChI is InChI=1S/C14H20ClNOS/c1-17-14-3-2-13(15)8-12(14)10-16-9-11-4-6-18-7-5-11/h2-3,8,11,16H,4-7,9-10H2,1H3. The van der Waals surface area contributed by atoms with Gasteiger partial charge in [0.05, 0.1) is 7.11 Å². The van der Waals surface area contributed by atoms with Crippen LogP contribution in [0.25, 0.3) is 0 Å². The first-order valence-corrected chi connectivity index (χ1v) is 7.93. The Kier molecular flexibility index (Phi) is 5.67. The Hall–Kier alpha value is -0.380. The van der Waals surface area contributed by atoms with E-state index in [1.54, 1.807) is 7.11 Å². The maximum atomic E-state index is 6.02. The third-order valence-electron chi connectivity index (χ3n) is 3.33. The smallest absolute Gasteiger partial charge is 0.123 e. The van der Waals surface area contributed by atoms with Crippen molar-refractivity contribution in [1.82, 2.24) is 5.32 Å². The van der Waals surface area contributed by atoms with Crippen molar-refractivity contribution in [3.05, 3.63) is 28.8 Å². The van der Waals surface area contributed by atoms with Gasteiger partial charge in [-0.2, -0.15) is 11.8 Å². The molecule has 0 bridgehead atoms. The second-order valence-electron chi connectivity index (χ2n) is 4.64. The van der Waals surface area contributed by atoms with Crippen molar-refractivity contribution in [2.45, 2.75) is 19.4 Å². The monoisotopic (exact) mass is 285 g/mol. The maximum absolute atomic E-state index is 6.02. The lowest BCUT2D eigenvalue weighted by Gasteiger charge is -2.21. The second kappa shape index (κ2) is 7.27. The Labute approximate surface area is 118 Å². The highest BCUT2D eigenvalue weighted by Gasteiger charge is 2.13. The number of methoxy groups -OCH3 is 1. The normalized spacial score (nSPS) is 16.8. The van der Waals surface area contributed by atoms with Crippen LogP contribution >= 0.6 is 23.4 Å². The van der Waals surface area contributed by atoms with Gasteiger partial charge in [0.25, 0.3) is 0 Å². The Morgan fingerprint density at radius 1 is 1.39 bits per heavy atom. The molecule has 0 amide bonds. The molecule has 0 aliphatic carbocycles. The van der Waals surface area contributed by atoms with Crippen LogP contribution in [0.5, 0.6) is 5.75 Å². The fourth-order valence-corrected chi connectivity index (χ4v) is 3.65. The van der Waals surface area contributed by atoms with Gasteiger partial charge >= 0.3 is 0 Å². The lowest BCUT2D eigenvalue weighted by atomic mass is 10.0. The summed E-state index contributed by atoms with van der Waals surface area (Å²) in [6, 6.07) is 5.77. The molecule has 0 atom stereocenters. The molecule has 0 aromatic heterocycles. The summed E-state index contributed by atoms with van der Waals surface area (Å²) in [5.74, 6) is 4.36. The van der Waals surface area contributed by atoms with Crippen molar-refractivity contribution < 1.29 is 4.74 Å². The molecule has 1 aromatic carbocycles. The molecule has 1 aliphatic rings. The zero-order valence-electron chi connectivity index (χ0n) is 10.7. The van der Waals surface area contributed by atoms with Gasteiger partial charge in [0, 0.05) is 17.1 Å². The van der Waals surface area contributed by atoms with Gasteiger partial charge in [0.1, 0.15) is 5.75 Å². The molecule has 2 rings (SSSR count). The zero-order chi connectivity index (χ0) is 12.8. The number of thioether (sulfide) groups is 1. The molecule has 100 valence electrons. The molecule has 1 heterocycles. The number of hydrogen-bond acceptors (Lipinski definition) is 3. The van der Waals surface area contributed by atoms with Gasteiger partial charge in [-0.05, 0) is 55.0 Å². The first-order valence-electron chi connectivity index (χ1n) is 6.40. The van der Waals surface area contributed by atoms with Gasteiger partial charge in [0.2, 0.25) is 0 Å². The highest BCUT2D eigenvalue weighted by atomic mass is 35.5. The molecule has 0 unspecified atom stereocenters. The summed E-state index contributed by atoms with van der Waals surface area (Å²) >= 11 is 8.09. The van der Waals surface area contributed by atoms with Gasteiger partial charge in [-0.3, -0.25) is 0 Å². The third kappa shape index (κ3) is 4.08. The first-order chi connectivity index (χ1) is 8.79. The molecular weight excluding hydrogens is 266 g/mol. The van der Waals surface area contributed by atoms with E-state index >= 15 is 0 Å². The Morgan fingerprint density at radius 2 is 2.17 bits per heavy atom. The predicted octanol–water partition coefficient (Wildman–Crippen LogP) is 3.58. The Balaban J connectivity index is 1.83. The number of benzene rings is 1. The van der Waals surface area contributed by atoms with E-state index in [0.29, 0.717) is 0 Å². The van der Waals surface area contributed by atoms with E-state index in [9.17, 15) is 0 Å². The van der Waals surface area contributed by atoms with E-state index in [4.69, 9.17) is 16.3 Å². The largest absolute Gasteiger partial charge is 0.496 e. The number of rotatable bonds is 5. The second-order valence-corrected chi connectivity index (χ2v) is 6.30. The maximum Gasteiger partial charge on any atom is 0.123 e. The molecule has 1 aliphatic heterocycles. The topological polar surface area (TPSA) is 21.3 Å². The van der Waals surface area contributed by atoms with Gasteiger partial charge in [0.15, 0.2) is 0 Å². The first kappa shape index (κ1) is 14.0. The number of nitrogens with one attached hydrogen (secondary N) is 1. The van der Waals surface area contributed by atoms with Crippen LogP contribution in [-0.4, -0.2) is 25.2 Å². The summed E-state index contributed by atoms with van der Waals surface area (Å²) in [4.78, 5) is 0.